The van der Waals surface area contributed by atoms with Crippen molar-refractivity contribution in [3.05, 3.63) is 54.1 Å². The van der Waals surface area contributed by atoms with Gasteiger partial charge in [-0.2, -0.15) is 0 Å². The number of nitrogens with one attached hydrogen (secondary N) is 1. The van der Waals surface area contributed by atoms with Gasteiger partial charge in [-0.25, -0.2) is 0 Å². The van der Waals surface area contributed by atoms with Crippen molar-refractivity contribution in [3.8, 4) is 11.5 Å². The van der Waals surface area contributed by atoms with Crippen LogP contribution in [-0.2, 0) is 4.79 Å². The van der Waals surface area contributed by atoms with Gasteiger partial charge in [-0.15, -0.1) is 0 Å². The zero-order valence-corrected chi connectivity index (χ0v) is 14.3. The molecule has 0 fully saturated rings. The van der Waals surface area contributed by atoms with E-state index in [2.05, 4.69) is 5.32 Å². The first kappa shape index (κ1) is 17.8. The molecule has 128 valence electrons. The van der Waals surface area contributed by atoms with Gasteiger partial charge < -0.3 is 20.5 Å². The lowest BCUT2D eigenvalue weighted by molar-refractivity contribution is -0.120. The molecule has 5 heteroatoms. The van der Waals surface area contributed by atoms with Gasteiger partial charge in [-0.05, 0) is 24.6 Å². The minimum Gasteiger partial charge on any atom is -0.497 e. The van der Waals surface area contributed by atoms with Gasteiger partial charge in [0.1, 0.15) is 11.5 Å². The molecular formula is C19H24N2O3. The largest absolute Gasteiger partial charge is 0.497 e. The predicted molar refractivity (Wildman–Crippen MR) is 95.3 cm³/mol. The Balaban J connectivity index is 2.16. The molecule has 0 saturated carbocycles. The Morgan fingerprint density at radius 3 is 2.54 bits per heavy atom. The van der Waals surface area contributed by atoms with Gasteiger partial charge in [-0.3, -0.25) is 4.79 Å². The van der Waals surface area contributed by atoms with Crippen LogP contribution in [0.2, 0.25) is 0 Å². The van der Waals surface area contributed by atoms with Crippen LogP contribution < -0.4 is 20.5 Å². The predicted octanol–water partition coefficient (Wildman–Crippen LogP) is 3.37. The number of carbonyl (C=O) groups is 1. The molecule has 0 bridgehead atoms. The van der Waals surface area contributed by atoms with Crippen molar-refractivity contribution >= 4 is 11.6 Å². The van der Waals surface area contributed by atoms with Gasteiger partial charge in [0.15, 0.2) is 0 Å². The summed E-state index contributed by atoms with van der Waals surface area (Å²) in [6.45, 7) is 4.21. The third-order valence-corrected chi connectivity index (χ3v) is 3.88. The molecule has 3 N–H and O–H groups in total. The van der Waals surface area contributed by atoms with Crippen LogP contribution in [0.3, 0.4) is 0 Å². The molecule has 0 spiro atoms. The fraction of sp³-hybridized carbons (Fsp3) is 0.316. The highest BCUT2D eigenvalue weighted by atomic mass is 16.5. The number of hydrogen-bond acceptors (Lipinski definition) is 4. The van der Waals surface area contributed by atoms with Crippen molar-refractivity contribution < 1.29 is 14.3 Å². The highest BCUT2D eigenvalue weighted by molar-refractivity contribution is 5.94. The monoisotopic (exact) mass is 328 g/mol. The van der Waals surface area contributed by atoms with Crippen molar-refractivity contribution in [2.75, 3.05) is 19.0 Å². The summed E-state index contributed by atoms with van der Waals surface area (Å²) in [6.07, 6.45) is 0. The van der Waals surface area contributed by atoms with E-state index in [0.29, 0.717) is 23.8 Å². The van der Waals surface area contributed by atoms with Crippen molar-refractivity contribution in [2.24, 2.45) is 11.7 Å². The maximum absolute atomic E-state index is 12.6. The molecule has 0 aliphatic carbocycles. The third kappa shape index (κ3) is 4.26. The van der Waals surface area contributed by atoms with Crippen LogP contribution in [0.4, 0.5) is 5.69 Å². The van der Waals surface area contributed by atoms with Gasteiger partial charge in [0.05, 0.1) is 25.3 Å². The van der Waals surface area contributed by atoms with Crippen molar-refractivity contribution in [1.29, 1.82) is 0 Å². The average Bonchev–Trinajstić information content (AvgIpc) is 2.62. The molecule has 1 amide bonds. The van der Waals surface area contributed by atoms with Crippen LogP contribution in [0, 0.1) is 5.92 Å². The lowest BCUT2D eigenvalue weighted by Gasteiger charge is -2.21. The van der Waals surface area contributed by atoms with Crippen molar-refractivity contribution in [2.45, 2.75) is 19.9 Å². The number of carbonyl (C=O) groups excluding carboxylic acids is 1. The summed E-state index contributed by atoms with van der Waals surface area (Å²) in [4.78, 5) is 12.6. The minimum absolute atomic E-state index is 0.166. The summed E-state index contributed by atoms with van der Waals surface area (Å²) >= 11 is 0. The van der Waals surface area contributed by atoms with Crippen molar-refractivity contribution in [1.82, 2.24) is 0 Å². The fourth-order valence-electron chi connectivity index (χ4n) is 2.39. The quantitative estimate of drug-likeness (QED) is 0.817. The molecule has 5 nitrogen and oxygen atoms in total. The first-order chi connectivity index (χ1) is 11.6. The third-order valence-electron chi connectivity index (χ3n) is 3.88. The van der Waals surface area contributed by atoms with E-state index in [1.165, 1.54) is 0 Å². The number of benzene rings is 2. The fourth-order valence-corrected chi connectivity index (χ4v) is 2.39. The van der Waals surface area contributed by atoms with Gasteiger partial charge in [0, 0.05) is 12.1 Å². The SMILES string of the molecule is CCOc1ccc(OC)cc1NC(=O)C(C)C(N)c1ccccc1. The molecule has 2 aromatic rings. The summed E-state index contributed by atoms with van der Waals surface area (Å²) in [5.41, 5.74) is 7.73. The molecule has 2 rings (SSSR count). The maximum Gasteiger partial charge on any atom is 0.229 e. The summed E-state index contributed by atoms with van der Waals surface area (Å²) in [5.74, 6) is 0.689. The van der Waals surface area contributed by atoms with Crippen LogP contribution in [0.1, 0.15) is 25.5 Å². The average molecular weight is 328 g/mol. The van der Waals surface area contributed by atoms with Gasteiger partial charge in [-0.1, -0.05) is 37.3 Å². The Morgan fingerprint density at radius 2 is 1.92 bits per heavy atom. The normalized spacial score (nSPS) is 13.0. The van der Waals surface area contributed by atoms with E-state index in [1.54, 1.807) is 25.3 Å². The van der Waals surface area contributed by atoms with Crippen LogP contribution in [-0.4, -0.2) is 19.6 Å². The second kappa shape index (κ2) is 8.36. The van der Waals surface area contributed by atoms with E-state index in [9.17, 15) is 4.79 Å². The number of methoxy groups -OCH3 is 1. The number of rotatable bonds is 7. The molecule has 0 aromatic heterocycles. The van der Waals surface area contributed by atoms with E-state index < -0.39 is 5.92 Å². The highest BCUT2D eigenvalue weighted by Crippen LogP contribution is 2.30. The molecule has 2 unspecified atom stereocenters. The lowest BCUT2D eigenvalue weighted by atomic mass is 9.94. The second-order valence-electron chi connectivity index (χ2n) is 5.51. The van der Waals surface area contributed by atoms with Gasteiger partial charge in [0.2, 0.25) is 5.91 Å². The second-order valence-corrected chi connectivity index (χ2v) is 5.51. The Hall–Kier alpha value is -2.53. The Bertz CT molecular complexity index is 674. The number of hydrogen-bond donors (Lipinski definition) is 2. The topological polar surface area (TPSA) is 73.6 Å². The Kier molecular flexibility index (Phi) is 6.21. The lowest BCUT2D eigenvalue weighted by Crippen LogP contribution is -2.30. The van der Waals surface area contributed by atoms with E-state index in [0.717, 1.165) is 5.56 Å². The Morgan fingerprint density at radius 1 is 1.21 bits per heavy atom. The molecule has 0 heterocycles. The molecule has 2 aromatic carbocycles. The van der Waals surface area contributed by atoms with Gasteiger partial charge in [0.25, 0.3) is 0 Å². The highest BCUT2D eigenvalue weighted by Gasteiger charge is 2.23. The smallest absolute Gasteiger partial charge is 0.229 e. The molecule has 0 saturated heterocycles. The first-order valence-electron chi connectivity index (χ1n) is 7.99. The summed E-state index contributed by atoms with van der Waals surface area (Å²) in [5, 5.41) is 2.90. The number of amides is 1. The van der Waals surface area contributed by atoms with E-state index >= 15 is 0 Å². The molecule has 0 aliphatic heterocycles. The minimum atomic E-state index is -0.395. The van der Waals surface area contributed by atoms with E-state index in [1.807, 2.05) is 44.2 Å². The molecular weight excluding hydrogens is 304 g/mol. The van der Waals surface area contributed by atoms with Crippen LogP contribution >= 0.6 is 0 Å². The van der Waals surface area contributed by atoms with E-state index in [-0.39, 0.29) is 11.9 Å². The summed E-state index contributed by atoms with van der Waals surface area (Å²) in [6, 6.07) is 14.5. The first-order valence-corrected chi connectivity index (χ1v) is 7.99. The summed E-state index contributed by atoms with van der Waals surface area (Å²) in [7, 11) is 1.58. The number of nitrogens with two attached hydrogens (primary N) is 1. The maximum atomic E-state index is 12.6. The molecule has 0 radical (unpaired) electrons. The van der Waals surface area contributed by atoms with Crippen LogP contribution in [0.5, 0.6) is 11.5 Å². The molecule has 0 aliphatic rings. The van der Waals surface area contributed by atoms with Crippen LogP contribution in [0.15, 0.2) is 48.5 Å². The zero-order chi connectivity index (χ0) is 17.5. The van der Waals surface area contributed by atoms with E-state index in [4.69, 9.17) is 15.2 Å². The van der Waals surface area contributed by atoms with Crippen LogP contribution in [0.25, 0.3) is 0 Å². The van der Waals surface area contributed by atoms with Crippen molar-refractivity contribution in [3.63, 3.8) is 0 Å². The van der Waals surface area contributed by atoms with Gasteiger partial charge >= 0.3 is 0 Å². The zero-order valence-electron chi connectivity index (χ0n) is 14.3. The molecule has 24 heavy (non-hydrogen) atoms. The number of anilines is 1. The number of ether oxygens (including phenoxy) is 2. The molecule has 2 atom stereocenters. The Labute approximate surface area is 142 Å². The standard InChI is InChI=1S/C19H24N2O3/c1-4-24-17-11-10-15(23-3)12-16(17)21-19(22)13(2)18(20)14-8-6-5-7-9-14/h5-13,18H,4,20H2,1-3H3,(H,21,22). The summed E-state index contributed by atoms with van der Waals surface area (Å²) < 4.78 is 10.8.